The zero-order chi connectivity index (χ0) is 18.8. The maximum atomic E-state index is 13.2. The molecule has 0 radical (unpaired) electrons. The van der Waals surface area contributed by atoms with Crippen molar-refractivity contribution in [2.45, 2.75) is 56.0 Å². The molecule has 0 unspecified atom stereocenters. The van der Waals surface area contributed by atoms with Crippen LogP contribution in [0.1, 0.15) is 56.7 Å². The summed E-state index contributed by atoms with van der Waals surface area (Å²) in [5.74, 6) is 0.318. The van der Waals surface area contributed by atoms with E-state index in [0.29, 0.717) is 4.90 Å². The fourth-order valence-electron chi connectivity index (χ4n) is 3.84. The maximum absolute atomic E-state index is 13.2. The van der Waals surface area contributed by atoms with Crippen molar-refractivity contribution < 1.29 is 13.5 Å². The van der Waals surface area contributed by atoms with E-state index in [0.717, 1.165) is 36.8 Å². The zero-order valence-corrected chi connectivity index (χ0v) is 16.2. The summed E-state index contributed by atoms with van der Waals surface area (Å²) < 4.78 is 26.4. The molecule has 26 heavy (non-hydrogen) atoms. The number of benzene rings is 2. The second kappa shape index (κ2) is 7.41. The molecule has 0 aromatic heterocycles. The van der Waals surface area contributed by atoms with Crippen molar-refractivity contribution in [3.63, 3.8) is 0 Å². The highest BCUT2D eigenvalue weighted by atomic mass is 32.2. The van der Waals surface area contributed by atoms with Crippen molar-refractivity contribution in [3.05, 3.63) is 59.7 Å². The van der Waals surface area contributed by atoms with E-state index < -0.39 is 15.4 Å². The SMILES string of the molecule is CCCC[C@]1(CC)CS(=O)(=O)c2ccccc2[C@@H](c2ccc(O)cc2)N1. The lowest BCUT2D eigenvalue weighted by Crippen LogP contribution is -2.50. The van der Waals surface area contributed by atoms with Gasteiger partial charge in [0.2, 0.25) is 0 Å². The van der Waals surface area contributed by atoms with Gasteiger partial charge in [-0.05, 0) is 42.2 Å². The zero-order valence-electron chi connectivity index (χ0n) is 15.4. The number of rotatable bonds is 5. The van der Waals surface area contributed by atoms with E-state index in [4.69, 9.17) is 0 Å². The average Bonchev–Trinajstić information content (AvgIpc) is 2.74. The van der Waals surface area contributed by atoms with Gasteiger partial charge in [0.05, 0.1) is 16.7 Å². The van der Waals surface area contributed by atoms with Crippen molar-refractivity contribution in [1.82, 2.24) is 5.32 Å². The predicted octanol–water partition coefficient (Wildman–Crippen LogP) is 4.20. The first-order valence-electron chi connectivity index (χ1n) is 9.29. The average molecular weight is 374 g/mol. The minimum atomic E-state index is -3.39. The molecule has 1 aliphatic heterocycles. The van der Waals surface area contributed by atoms with Gasteiger partial charge in [-0.25, -0.2) is 8.42 Å². The smallest absolute Gasteiger partial charge is 0.180 e. The molecule has 2 N–H and O–H groups in total. The third-order valence-electron chi connectivity index (χ3n) is 5.39. The Labute approximate surface area is 156 Å². The molecule has 4 nitrogen and oxygen atoms in total. The molecule has 5 heteroatoms. The van der Waals surface area contributed by atoms with Crippen LogP contribution in [-0.4, -0.2) is 24.8 Å². The topological polar surface area (TPSA) is 66.4 Å². The van der Waals surface area contributed by atoms with Crippen LogP contribution in [0, 0.1) is 0 Å². The van der Waals surface area contributed by atoms with Gasteiger partial charge in [0, 0.05) is 5.54 Å². The molecular formula is C21H27NO3S. The fourth-order valence-corrected chi connectivity index (χ4v) is 5.99. The highest BCUT2D eigenvalue weighted by molar-refractivity contribution is 7.91. The molecule has 140 valence electrons. The maximum Gasteiger partial charge on any atom is 0.180 e. The summed E-state index contributed by atoms with van der Waals surface area (Å²) in [7, 11) is -3.39. The van der Waals surface area contributed by atoms with E-state index in [9.17, 15) is 13.5 Å². The summed E-state index contributed by atoms with van der Waals surface area (Å²) in [6.45, 7) is 4.18. The summed E-state index contributed by atoms with van der Waals surface area (Å²) >= 11 is 0. The molecule has 0 bridgehead atoms. The van der Waals surface area contributed by atoms with Crippen molar-refractivity contribution in [1.29, 1.82) is 0 Å². The molecule has 3 rings (SSSR count). The third kappa shape index (κ3) is 3.64. The van der Waals surface area contributed by atoms with Crippen molar-refractivity contribution >= 4 is 9.84 Å². The van der Waals surface area contributed by atoms with Crippen LogP contribution in [0.3, 0.4) is 0 Å². The van der Waals surface area contributed by atoms with Crippen LogP contribution in [0.2, 0.25) is 0 Å². The number of hydrogen-bond acceptors (Lipinski definition) is 4. The van der Waals surface area contributed by atoms with E-state index in [2.05, 4.69) is 19.2 Å². The van der Waals surface area contributed by atoms with Crippen LogP contribution in [0.4, 0.5) is 0 Å². The molecular weight excluding hydrogens is 346 g/mol. The van der Waals surface area contributed by atoms with Crippen LogP contribution in [-0.2, 0) is 9.84 Å². The first kappa shape index (κ1) is 18.9. The number of nitrogens with one attached hydrogen (secondary N) is 1. The minimum absolute atomic E-state index is 0.113. The number of fused-ring (bicyclic) bond motifs is 1. The van der Waals surface area contributed by atoms with Crippen LogP contribution >= 0.6 is 0 Å². The van der Waals surface area contributed by atoms with Gasteiger partial charge in [0.1, 0.15) is 5.75 Å². The lowest BCUT2D eigenvalue weighted by molar-refractivity contribution is 0.295. The lowest BCUT2D eigenvalue weighted by Gasteiger charge is -2.35. The molecule has 0 fully saturated rings. The fraction of sp³-hybridized carbons (Fsp3) is 0.429. The van der Waals surface area contributed by atoms with Gasteiger partial charge < -0.3 is 5.11 Å². The number of phenolic OH excluding ortho intramolecular Hbond substituents is 1. The third-order valence-corrected chi connectivity index (χ3v) is 7.37. The van der Waals surface area contributed by atoms with Crippen molar-refractivity contribution in [2.75, 3.05) is 5.75 Å². The molecule has 2 aromatic rings. The number of phenols is 1. The minimum Gasteiger partial charge on any atom is -0.508 e. The standard InChI is InChI=1S/C21H27NO3S/c1-3-5-14-21(4-2)15-26(24,25)19-9-7-6-8-18(19)20(22-21)16-10-12-17(23)13-11-16/h6-13,20,22-23H,3-5,14-15H2,1-2H3/t20-,21-/m1/s1. The van der Waals surface area contributed by atoms with E-state index in [-0.39, 0.29) is 17.5 Å². The number of aromatic hydroxyl groups is 1. The van der Waals surface area contributed by atoms with Gasteiger partial charge in [0.15, 0.2) is 9.84 Å². The predicted molar refractivity (Wildman–Crippen MR) is 104 cm³/mol. The van der Waals surface area contributed by atoms with E-state index in [1.807, 2.05) is 24.3 Å². The normalized spacial score (nSPS) is 24.6. The molecule has 0 saturated heterocycles. The van der Waals surface area contributed by atoms with Crippen LogP contribution < -0.4 is 5.32 Å². The lowest BCUT2D eigenvalue weighted by atomic mass is 9.88. The van der Waals surface area contributed by atoms with Gasteiger partial charge in [-0.3, -0.25) is 5.32 Å². The van der Waals surface area contributed by atoms with Crippen molar-refractivity contribution in [3.8, 4) is 5.75 Å². The Morgan fingerprint density at radius 1 is 1.12 bits per heavy atom. The Morgan fingerprint density at radius 3 is 2.46 bits per heavy atom. The summed E-state index contributed by atoms with van der Waals surface area (Å²) in [6, 6.07) is 14.1. The highest BCUT2D eigenvalue weighted by Crippen LogP contribution is 2.38. The molecule has 0 spiro atoms. The van der Waals surface area contributed by atoms with E-state index in [1.165, 1.54) is 0 Å². The largest absolute Gasteiger partial charge is 0.508 e. The van der Waals surface area contributed by atoms with Gasteiger partial charge >= 0.3 is 0 Å². The van der Waals surface area contributed by atoms with Crippen LogP contribution in [0.15, 0.2) is 53.4 Å². The summed E-state index contributed by atoms with van der Waals surface area (Å²) in [6.07, 6.45) is 3.58. The molecule has 2 atom stereocenters. The van der Waals surface area contributed by atoms with Crippen molar-refractivity contribution in [2.24, 2.45) is 0 Å². The number of hydrogen-bond donors (Lipinski definition) is 2. The Balaban J connectivity index is 2.17. The van der Waals surface area contributed by atoms with Gasteiger partial charge in [-0.2, -0.15) is 0 Å². The molecule has 1 heterocycles. The second-order valence-corrected chi connectivity index (χ2v) is 9.16. The van der Waals surface area contributed by atoms with E-state index in [1.54, 1.807) is 24.3 Å². The summed E-state index contributed by atoms with van der Waals surface area (Å²) in [5.41, 5.74) is 1.28. The molecule has 0 amide bonds. The quantitative estimate of drug-likeness (QED) is 0.824. The first-order valence-corrected chi connectivity index (χ1v) is 10.9. The Kier molecular flexibility index (Phi) is 5.39. The van der Waals surface area contributed by atoms with Gasteiger partial charge in [0.25, 0.3) is 0 Å². The molecule has 0 aliphatic carbocycles. The number of sulfone groups is 1. The first-order chi connectivity index (χ1) is 12.4. The summed E-state index contributed by atoms with van der Waals surface area (Å²) in [4.78, 5) is 0.414. The van der Waals surface area contributed by atoms with Gasteiger partial charge in [-0.15, -0.1) is 0 Å². The Bertz CT molecular complexity index is 861. The van der Waals surface area contributed by atoms with Gasteiger partial charge in [-0.1, -0.05) is 57.0 Å². The van der Waals surface area contributed by atoms with E-state index >= 15 is 0 Å². The Morgan fingerprint density at radius 2 is 1.81 bits per heavy atom. The van der Waals surface area contributed by atoms with Crippen LogP contribution in [0.25, 0.3) is 0 Å². The molecule has 2 aromatic carbocycles. The molecule has 1 aliphatic rings. The monoisotopic (exact) mass is 373 g/mol. The molecule has 0 saturated carbocycles. The van der Waals surface area contributed by atoms with Crippen LogP contribution in [0.5, 0.6) is 5.75 Å². The highest BCUT2D eigenvalue weighted by Gasteiger charge is 2.41. The summed E-state index contributed by atoms with van der Waals surface area (Å²) in [5, 5.41) is 13.3. The number of unbranched alkanes of at least 4 members (excludes halogenated alkanes) is 1. The second-order valence-electron chi connectivity index (χ2n) is 7.20. The Hall–Kier alpha value is -1.85.